The number of hydrogen-bond donors (Lipinski definition) is 1. The van der Waals surface area contributed by atoms with E-state index in [1.54, 1.807) is 19.1 Å². The summed E-state index contributed by atoms with van der Waals surface area (Å²) in [5.41, 5.74) is 1.31. The van der Waals surface area contributed by atoms with E-state index in [9.17, 15) is 18.4 Å². The number of aromatic nitrogens is 2. The second-order valence-electron chi connectivity index (χ2n) is 6.93. The summed E-state index contributed by atoms with van der Waals surface area (Å²) in [7, 11) is 0. The van der Waals surface area contributed by atoms with Gasteiger partial charge in [-0.3, -0.25) is 9.59 Å². The molecule has 1 N–H and O–H groups in total. The summed E-state index contributed by atoms with van der Waals surface area (Å²) in [4.78, 5) is 28.5. The lowest BCUT2D eigenvalue weighted by molar-refractivity contribution is -0.155. The third-order valence-electron chi connectivity index (χ3n) is 4.52. The minimum absolute atomic E-state index is 0.0593. The zero-order valence-corrected chi connectivity index (χ0v) is 17.0. The van der Waals surface area contributed by atoms with Crippen LogP contribution in [0.3, 0.4) is 0 Å². The number of amides is 1. The summed E-state index contributed by atoms with van der Waals surface area (Å²) in [6, 6.07) is 11.0. The van der Waals surface area contributed by atoms with Crippen molar-refractivity contribution in [3.05, 3.63) is 71.6 Å². The average molecular weight is 429 g/mol. The maximum absolute atomic E-state index is 13.0. The summed E-state index contributed by atoms with van der Waals surface area (Å²) in [6.45, 7) is 3.21. The number of carbonyl (C=O) groups excluding carboxylic acids is 2. The van der Waals surface area contributed by atoms with E-state index in [1.807, 2.05) is 0 Å². The van der Waals surface area contributed by atoms with Gasteiger partial charge in [0.15, 0.2) is 6.10 Å². The molecule has 9 heteroatoms. The highest BCUT2D eigenvalue weighted by atomic mass is 19.1. The molecule has 2 unspecified atom stereocenters. The number of ether oxygens (including phenoxy) is 1. The fraction of sp³-hybridized carbons (Fsp3) is 0.273. The van der Waals surface area contributed by atoms with Crippen molar-refractivity contribution in [3.63, 3.8) is 0 Å². The predicted octanol–water partition coefficient (Wildman–Crippen LogP) is 3.76. The minimum Gasteiger partial charge on any atom is -0.453 e. The molecule has 1 aromatic heterocycles. The fourth-order valence-corrected chi connectivity index (χ4v) is 2.76. The van der Waals surface area contributed by atoms with Crippen LogP contribution in [0.5, 0.6) is 0 Å². The Hall–Kier alpha value is -3.62. The number of esters is 1. The monoisotopic (exact) mass is 429 g/mol. The molecule has 0 aliphatic rings. The van der Waals surface area contributed by atoms with Gasteiger partial charge >= 0.3 is 5.97 Å². The first-order chi connectivity index (χ1) is 14.8. The first-order valence-corrected chi connectivity index (χ1v) is 9.65. The van der Waals surface area contributed by atoms with Gasteiger partial charge in [0.25, 0.3) is 5.91 Å². The third kappa shape index (κ3) is 6.18. The van der Waals surface area contributed by atoms with E-state index in [2.05, 4.69) is 15.5 Å². The summed E-state index contributed by atoms with van der Waals surface area (Å²) in [5, 5.41) is 6.52. The SMILES string of the molecule is CC(OC(=O)CCc1nc(-c2ccc(F)cc2)no1)C(=O)NC(C)c1ccc(F)cc1. The van der Waals surface area contributed by atoms with E-state index >= 15 is 0 Å². The predicted molar refractivity (Wildman–Crippen MR) is 107 cm³/mol. The minimum atomic E-state index is -1.01. The number of nitrogens with one attached hydrogen (secondary N) is 1. The standard InChI is InChI=1S/C22H21F2N3O4/c1-13(15-3-7-17(23)8-4-15)25-22(29)14(2)30-20(28)12-11-19-26-21(27-31-19)16-5-9-18(24)10-6-16/h3-10,13-14H,11-12H2,1-2H3,(H,25,29). The van der Waals surface area contributed by atoms with Gasteiger partial charge in [-0.05, 0) is 55.8 Å². The summed E-state index contributed by atoms with van der Waals surface area (Å²) >= 11 is 0. The Morgan fingerprint density at radius 1 is 1.03 bits per heavy atom. The highest BCUT2D eigenvalue weighted by Crippen LogP contribution is 2.17. The second-order valence-corrected chi connectivity index (χ2v) is 6.93. The quantitative estimate of drug-likeness (QED) is 0.548. The first-order valence-electron chi connectivity index (χ1n) is 9.65. The molecule has 1 amide bonds. The Bertz CT molecular complexity index is 1040. The van der Waals surface area contributed by atoms with E-state index in [1.165, 1.54) is 43.3 Å². The smallest absolute Gasteiger partial charge is 0.307 e. The number of rotatable bonds is 8. The van der Waals surface area contributed by atoms with Gasteiger partial charge in [0.05, 0.1) is 12.5 Å². The molecule has 0 radical (unpaired) electrons. The van der Waals surface area contributed by atoms with Crippen LogP contribution in [0.1, 0.15) is 37.8 Å². The maximum atomic E-state index is 13.0. The largest absolute Gasteiger partial charge is 0.453 e. The van der Waals surface area contributed by atoms with E-state index in [0.717, 1.165) is 5.56 Å². The number of benzene rings is 2. The van der Waals surface area contributed by atoms with Crippen molar-refractivity contribution < 1.29 is 27.6 Å². The van der Waals surface area contributed by atoms with E-state index in [-0.39, 0.29) is 42.2 Å². The Balaban J connectivity index is 1.46. The van der Waals surface area contributed by atoms with Gasteiger partial charge in [0.2, 0.25) is 11.7 Å². The van der Waals surface area contributed by atoms with Crippen molar-refractivity contribution in [2.45, 2.75) is 38.8 Å². The Labute approximate surface area is 177 Å². The Kier molecular flexibility index (Phi) is 7.07. The van der Waals surface area contributed by atoms with Gasteiger partial charge in [-0.25, -0.2) is 8.78 Å². The number of aryl methyl sites for hydroxylation is 1. The zero-order valence-electron chi connectivity index (χ0n) is 17.0. The molecule has 2 atom stereocenters. The van der Waals surface area contributed by atoms with Gasteiger partial charge in [-0.15, -0.1) is 0 Å². The van der Waals surface area contributed by atoms with Crippen LogP contribution in [-0.2, 0) is 20.7 Å². The number of carbonyl (C=O) groups is 2. The molecule has 7 nitrogen and oxygen atoms in total. The molecular weight excluding hydrogens is 408 g/mol. The van der Waals surface area contributed by atoms with Crippen molar-refractivity contribution >= 4 is 11.9 Å². The van der Waals surface area contributed by atoms with Crippen LogP contribution in [0.15, 0.2) is 53.1 Å². The lowest BCUT2D eigenvalue weighted by atomic mass is 10.1. The highest BCUT2D eigenvalue weighted by molar-refractivity contribution is 5.83. The second kappa shape index (κ2) is 9.92. The number of nitrogens with zero attached hydrogens (tertiary/aromatic N) is 2. The number of halogens is 2. The van der Waals surface area contributed by atoms with Crippen LogP contribution in [-0.4, -0.2) is 28.1 Å². The summed E-state index contributed by atoms with van der Waals surface area (Å²) in [6.07, 6.45) is -0.934. The van der Waals surface area contributed by atoms with Gasteiger partial charge < -0.3 is 14.6 Å². The average Bonchev–Trinajstić information content (AvgIpc) is 3.22. The molecule has 0 saturated heterocycles. The maximum Gasteiger partial charge on any atom is 0.307 e. The molecule has 1 heterocycles. The molecule has 31 heavy (non-hydrogen) atoms. The molecular formula is C22H21F2N3O4. The van der Waals surface area contributed by atoms with E-state index in [4.69, 9.17) is 9.26 Å². The molecule has 2 aromatic carbocycles. The van der Waals surface area contributed by atoms with Crippen LogP contribution in [0, 0.1) is 11.6 Å². The van der Waals surface area contributed by atoms with Gasteiger partial charge in [0, 0.05) is 12.0 Å². The van der Waals surface area contributed by atoms with Crippen LogP contribution in [0.2, 0.25) is 0 Å². The Morgan fingerprint density at radius 3 is 2.29 bits per heavy atom. The van der Waals surface area contributed by atoms with Crippen molar-refractivity contribution in [1.29, 1.82) is 0 Å². The lowest BCUT2D eigenvalue weighted by Gasteiger charge is -2.18. The topological polar surface area (TPSA) is 94.3 Å². The highest BCUT2D eigenvalue weighted by Gasteiger charge is 2.20. The van der Waals surface area contributed by atoms with Crippen LogP contribution < -0.4 is 5.32 Å². The van der Waals surface area contributed by atoms with Crippen LogP contribution in [0.25, 0.3) is 11.4 Å². The normalized spacial score (nSPS) is 12.8. The molecule has 162 valence electrons. The molecule has 3 rings (SSSR count). The lowest BCUT2D eigenvalue weighted by Crippen LogP contribution is -2.37. The number of hydrogen-bond acceptors (Lipinski definition) is 6. The summed E-state index contributed by atoms with van der Waals surface area (Å²) in [5.74, 6) is -1.31. The first kappa shape index (κ1) is 22.1. The van der Waals surface area contributed by atoms with Crippen molar-refractivity contribution in [2.75, 3.05) is 0 Å². The molecule has 0 fully saturated rings. The van der Waals surface area contributed by atoms with Crippen molar-refractivity contribution in [1.82, 2.24) is 15.5 Å². The van der Waals surface area contributed by atoms with Gasteiger partial charge in [0.1, 0.15) is 11.6 Å². The molecule has 0 bridgehead atoms. The molecule has 0 aliphatic heterocycles. The van der Waals surface area contributed by atoms with Crippen molar-refractivity contribution in [2.24, 2.45) is 0 Å². The zero-order chi connectivity index (χ0) is 22.4. The molecule has 0 aliphatic carbocycles. The van der Waals surface area contributed by atoms with Crippen molar-refractivity contribution in [3.8, 4) is 11.4 Å². The summed E-state index contributed by atoms with van der Waals surface area (Å²) < 4.78 is 36.2. The van der Waals surface area contributed by atoms with Gasteiger partial charge in [-0.1, -0.05) is 17.3 Å². The van der Waals surface area contributed by atoms with E-state index < -0.39 is 18.0 Å². The molecule has 3 aromatic rings. The van der Waals surface area contributed by atoms with Crippen LogP contribution >= 0.6 is 0 Å². The third-order valence-corrected chi connectivity index (χ3v) is 4.52. The molecule has 0 spiro atoms. The van der Waals surface area contributed by atoms with Gasteiger partial charge in [-0.2, -0.15) is 4.98 Å². The van der Waals surface area contributed by atoms with Crippen LogP contribution in [0.4, 0.5) is 8.78 Å². The molecule has 0 saturated carbocycles. The van der Waals surface area contributed by atoms with E-state index in [0.29, 0.717) is 5.56 Å². The fourth-order valence-electron chi connectivity index (χ4n) is 2.76. The Morgan fingerprint density at radius 2 is 1.65 bits per heavy atom.